The van der Waals surface area contributed by atoms with Crippen LogP contribution in [0.15, 0.2) is 24.3 Å². The van der Waals surface area contributed by atoms with Gasteiger partial charge in [0.25, 0.3) is 0 Å². The Kier molecular flexibility index (Phi) is 4.91. The second-order valence-corrected chi connectivity index (χ2v) is 4.90. The first-order chi connectivity index (χ1) is 8.45. The number of aryl methyl sites for hydroxylation is 1. The standard InChI is InChI=1S/C15H22O3/c1-5-11-9-7-8-10-12(11)13(16)15(3,4)14(17)18-6-2/h7-10,13,16H,5-6H2,1-4H3. The van der Waals surface area contributed by atoms with Gasteiger partial charge >= 0.3 is 5.97 Å². The summed E-state index contributed by atoms with van der Waals surface area (Å²) in [5.74, 6) is -0.372. The molecule has 0 saturated carbocycles. The van der Waals surface area contributed by atoms with Crippen molar-refractivity contribution in [2.24, 2.45) is 5.41 Å². The van der Waals surface area contributed by atoms with Gasteiger partial charge < -0.3 is 9.84 Å². The molecule has 3 nitrogen and oxygen atoms in total. The van der Waals surface area contributed by atoms with Crippen LogP contribution in [0.1, 0.15) is 44.9 Å². The predicted octanol–water partition coefficient (Wildman–Crippen LogP) is 2.87. The molecule has 0 spiro atoms. The van der Waals surface area contributed by atoms with Gasteiger partial charge in [-0.15, -0.1) is 0 Å². The molecule has 0 saturated heterocycles. The molecule has 1 rings (SSSR count). The van der Waals surface area contributed by atoms with Crippen LogP contribution in [0.4, 0.5) is 0 Å². The molecule has 0 fully saturated rings. The third-order valence-electron chi connectivity index (χ3n) is 3.22. The Labute approximate surface area is 109 Å². The molecule has 3 heteroatoms. The Morgan fingerprint density at radius 2 is 1.94 bits per heavy atom. The van der Waals surface area contributed by atoms with Gasteiger partial charge in [-0.1, -0.05) is 31.2 Å². The summed E-state index contributed by atoms with van der Waals surface area (Å²) in [6.07, 6.45) is -0.0284. The van der Waals surface area contributed by atoms with Crippen molar-refractivity contribution < 1.29 is 14.6 Å². The summed E-state index contributed by atoms with van der Waals surface area (Å²) in [5.41, 5.74) is 0.918. The summed E-state index contributed by atoms with van der Waals surface area (Å²) < 4.78 is 5.02. The zero-order valence-electron chi connectivity index (χ0n) is 11.6. The van der Waals surface area contributed by atoms with E-state index in [0.29, 0.717) is 6.61 Å². The van der Waals surface area contributed by atoms with Crippen LogP contribution in [0.5, 0.6) is 0 Å². The highest BCUT2D eigenvalue weighted by Crippen LogP contribution is 2.36. The van der Waals surface area contributed by atoms with Crippen LogP contribution >= 0.6 is 0 Å². The highest BCUT2D eigenvalue weighted by molar-refractivity contribution is 5.77. The number of ether oxygens (including phenoxy) is 1. The summed E-state index contributed by atoms with van der Waals surface area (Å²) in [4.78, 5) is 11.9. The summed E-state index contributed by atoms with van der Waals surface area (Å²) in [5, 5.41) is 10.5. The largest absolute Gasteiger partial charge is 0.465 e. The molecule has 1 N–H and O–H groups in total. The molecule has 1 unspecified atom stereocenters. The maximum absolute atomic E-state index is 11.9. The van der Waals surface area contributed by atoms with Crippen molar-refractivity contribution in [1.29, 1.82) is 0 Å². The third-order valence-corrected chi connectivity index (χ3v) is 3.22. The zero-order valence-corrected chi connectivity index (χ0v) is 11.6. The van der Waals surface area contributed by atoms with Crippen LogP contribution < -0.4 is 0 Å². The number of carbonyl (C=O) groups is 1. The smallest absolute Gasteiger partial charge is 0.314 e. The Hall–Kier alpha value is -1.35. The van der Waals surface area contributed by atoms with Crippen LogP contribution in [0, 0.1) is 5.41 Å². The van der Waals surface area contributed by atoms with Crippen molar-refractivity contribution in [3.63, 3.8) is 0 Å². The van der Waals surface area contributed by atoms with E-state index in [1.807, 2.05) is 31.2 Å². The average Bonchev–Trinajstić information content (AvgIpc) is 2.38. The van der Waals surface area contributed by atoms with E-state index in [1.54, 1.807) is 20.8 Å². The fraction of sp³-hybridized carbons (Fsp3) is 0.533. The lowest BCUT2D eigenvalue weighted by molar-refractivity contribution is -0.160. The SMILES string of the molecule is CCOC(=O)C(C)(C)C(O)c1ccccc1CC. The molecule has 0 aromatic heterocycles. The number of benzene rings is 1. The molecule has 0 aliphatic heterocycles. The molecule has 0 heterocycles. The van der Waals surface area contributed by atoms with Gasteiger partial charge in [-0.2, -0.15) is 0 Å². The van der Waals surface area contributed by atoms with Crippen LogP contribution in [-0.4, -0.2) is 17.7 Å². The van der Waals surface area contributed by atoms with E-state index in [2.05, 4.69) is 0 Å². The normalized spacial score (nSPS) is 13.2. The third kappa shape index (κ3) is 2.91. The van der Waals surface area contributed by atoms with Gasteiger partial charge in [0.1, 0.15) is 0 Å². The molecular weight excluding hydrogens is 228 g/mol. The number of esters is 1. The first kappa shape index (κ1) is 14.7. The maximum atomic E-state index is 11.9. The quantitative estimate of drug-likeness (QED) is 0.817. The number of hydrogen-bond acceptors (Lipinski definition) is 3. The molecule has 0 bridgehead atoms. The molecule has 0 aliphatic carbocycles. The summed E-state index contributed by atoms with van der Waals surface area (Å²) >= 11 is 0. The number of aliphatic hydroxyl groups is 1. The summed E-state index contributed by atoms with van der Waals surface area (Å²) in [6, 6.07) is 7.65. The van der Waals surface area contributed by atoms with E-state index in [1.165, 1.54) is 0 Å². The molecule has 0 aliphatic rings. The van der Waals surface area contributed by atoms with Crippen LogP contribution in [0.25, 0.3) is 0 Å². The van der Waals surface area contributed by atoms with Gasteiger partial charge in [0, 0.05) is 0 Å². The molecule has 0 radical (unpaired) electrons. The van der Waals surface area contributed by atoms with Gasteiger partial charge in [0.2, 0.25) is 0 Å². The highest BCUT2D eigenvalue weighted by Gasteiger charge is 2.38. The van der Waals surface area contributed by atoms with E-state index in [4.69, 9.17) is 4.74 Å². The molecule has 100 valence electrons. The molecule has 18 heavy (non-hydrogen) atoms. The second-order valence-electron chi connectivity index (χ2n) is 4.90. The minimum Gasteiger partial charge on any atom is -0.465 e. The number of carbonyl (C=O) groups excluding carboxylic acids is 1. The van der Waals surface area contributed by atoms with Crippen molar-refractivity contribution in [2.45, 2.75) is 40.2 Å². The van der Waals surface area contributed by atoms with Crippen LogP contribution in [-0.2, 0) is 16.0 Å². The lowest BCUT2D eigenvalue weighted by Crippen LogP contribution is -2.33. The minimum atomic E-state index is -0.943. The Morgan fingerprint density at radius 1 is 1.33 bits per heavy atom. The van der Waals surface area contributed by atoms with E-state index in [0.717, 1.165) is 17.5 Å². The van der Waals surface area contributed by atoms with Gasteiger partial charge in [0.15, 0.2) is 0 Å². The number of rotatable bonds is 5. The van der Waals surface area contributed by atoms with Crippen molar-refractivity contribution >= 4 is 5.97 Å². The van der Waals surface area contributed by atoms with E-state index in [9.17, 15) is 9.90 Å². The van der Waals surface area contributed by atoms with Crippen molar-refractivity contribution in [1.82, 2.24) is 0 Å². The molecular formula is C15H22O3. The number of hydrogen-bond donors (Lipinski definition) is 1. The lowest BCUT2D eigenvalue weighted by atomic mass is 9.81. The Balaban J connectivity index is 3.05. The Bertz CT molecular complexity index is 410. The molecule has 1 atom stereocenters. The van der Waals surface area contributed by atoms with Gasteiger partial charge in [-0.05, 0) is 38.3 Å². The average molecular weight is 250 g/mol. The van der Waals surface area contributed by atoms with Gasteiger partial charge in [-0.3, -0.25) is 4.79 Å². The summed E-state index contributed by atoms with van der Waals surface area (Å²) in [6.45, 7) is 7.54. The maximum Gasteiger partial charge on any atom is 0.314 e. The summed E-state index contributed by atoms with van der Waals surface area (Å²) in [7, 11) is 0. The molecule has 1 aromatic rings. The second kappa shape index (κ2) is 6.01. The van der Waals surface area contributed by atoms with Crippen LogP contribution in [0.2, 0.25) is 0 Å². The van der Waals surface area contributed by atoms with Crippen molar-refractivity contribution in [3.8, 4) is 0 Å². The Morgan fingerprint density at radius 3 is 2.50 bits per heavy atom. The first-order valence-corrected chi connectivity index (χ1v) is 6.38. The topological polar surface area (TPSA) is 46.5 Å². The van der Waals surface area contributed by atoms with Gasteiger partial charge in [0.05, 0.1) is 18.1 Å². The highest BCUT2D eigenvalue weighted by atomic mass is 16.5. The van der Waals surface area contributed by atoms with E-state index >= 15 is 0 Å². The fourth-order valence-corrected chi connectivity index (χ4v) is 1.94. The fourth-order valence-electron chi connectivity index (χ4n) is 1.94. The van der Waals surface area contributed by atoms with Crippen molar-refractivity contribution in [2.75, 3.05) is 6.61 Å². The first-order valence-electron chi connectivity index (χ1n) is 6.38. The molecule has 1 aromatic carbocycles. The minimum absolute atomic E-state index is 0.324. The van der Waals surface area contributed by atoms with Gasteiger partial charge in [-0.25, -0.2) is 0 Å². The number of aliphatic hydroxyl groups excluding tert-OH is 1. The van der Waals surface area contributed by atoms with Crippen molar-refractivity contribution in [3.05, 3.63) is 35.4 Å². The monoisotopic (exact) mass is 250 g/mol. The lowest BCUT2D eigenvalue weighted by Gasteiger charge is -2.29. The predicted molar refractivity (Wildman–Crippen MR) is 71.2 cm³/mol. The van der Waals surface area contributed by atoms with E-state index < -0.39 is 11.5 Å². The zero-order chi connectivity index (χ0) is 13.8. The van der Waals surface area contributed by atoms with Crippen LogP contribution in [0.3, 0.4) is 0 Å². The van der Waals surface area contributed by atoms with E-state index in [-0.39, 0.29) is 5.97 Å². The molecule has 0 amide bonds.